The molecule has 0 saturated heterocycles. The van der Waals surface area contributed by atoms with E-state index in [4.69, 9.17) is 5.11 Å². The van der Waals surface area contributed by atoms with Gasteiger partial charge in [0.2, 0.25) is 0 Å². The molecule has 1 aromatic carbocycles. The number of carbonyl (C=O) groups is 1. The number of hydrogen-bond acceptors (Lipinski definition) is 3. The van der Waals surface area contributed by atoms with E-state index in [1.165, 1.54) is 0 Å². The fraction of sp³-hybridized carbons (Fsp3) is 0.300. The van der Waals surface area contributed by atoms with Crippen molar-refractivity contribution in [3.8, 4) is 5.75 Å². The number of nitrogens with one attached hydrogen (secondary N) is 2. The fourth-order valence-corrected chi connectivity index (χ4v) is 1.14. The van der Waals surface area contributed by atoms with Gasteiger partial charge in [-0.25, -0.2) is 4.79 Å². The normalized spacial score (nSPS) is 9.87. The van der Waals surface area contributed by atoms with Gasteiger partial charge in [-0.1, -0.05) is 18.2 Å². The highest BCUT2D eigenvalue weighted by molar-refractivity contribution is 5.64. The predicted octanol–water partition coefficient (Wildman–Crippen LogP) is 0.749. The summed E-state index contributed by atoms with van der Waals surface area (Å²) in [6.07, 6.45) is -1.03. The van der Waals surface area contributed by atoms with Crippen molar-refractivity contribution >= 4 is 6.09 Å². The Morgan fingerprint density at radius 2 is 2.00 bits per heavy atom. The van der Waals surface area contributed by atoms with Gasteiger partial charge in [0.1, 0.15) is 5.75 Å². The first-order chi connectivity index (χ1) is 7.20. The number of para-hydroxylation sites is 1. The molecule has 0 aliphatic rings. The summed E-state index contributed by atoms with van der Waals surface area (Å²) in [5, 5.41) is 23.0. The Labute approximate surface area is 87.7 Å². The molecule has 0 aromatic heterocycles. The summed E-state index contributed by atoms with van der Waals surface area (Å²) >= 11 is 0. The summed E-state index contributed by atoms with van der Waals surface area (Å²) in [6.45, 7) is 1.40. The van der Waals surface area contributed by atoms with E-state index in [1.807, 2.05) is 12.1 Å². The van der Waals surface area contributed by atoms with Crippen LogP contribution in [0.2, 0.25) is 0 Å². The number of rotatable bonds is 5. The molecular formula is C10H14N2O3. The lowest BCUT2D eigenvalue weighted by atomic mass is 10.2. The molecule has 0 saturated carbocycles. The molecule has 0 heterocycles. The van der Waals surface area contributed by atoms with Gasteiger partial charge < -0.3 is 20.8 Å². The molecule has 5 heteroatoms. The number of phenolic OH excluding ortho intramolecular Hbond substituents is 1. The second kappa shape index (κ2) is 5.87. The van der Waals surface area contributed by atoms with Crippen molar-refractivity contribution in [3.63, 3.8) is 0 Å². The van der Waals surface area contributed by atoms with Gasteiger partial charge in [0, 0.05) is 25.2 Å². The van der Waals surface area contributed by atoms with E-state index >= 15 is 0 Å². The zero-order chi connectivity index (χ0) is 11.1. The lowest BCUT2D eigenvalue weighted by Gasteiger charge is -2.06. The van der Waals surface area contributed by atoms with Crippen molar-refractivity contribution in [1.29, 1.82) is 0 Å². The first-order valence-electron chi connectivity index (χ1n) is 4.64. The minimum Gasteiger partial charge on any atom is -0.508 e. The van der Waals surface area contributed by atoms with Crippen LogP contribution in [0.25, 0.3) is 0 Å². The van der Waals surface area contributed by atoms with Crippen LogP contribution in [0.15, 0.2) is 24.3 Å². The SMILES string of the molecule is O=C(O)NCCNCc1ccccc1O. The van der Waals surface area contributed by atoms with Crippen LogP contribution in [-0.2, 0) is 6.54 Å². The topological polar surface area (TPSA) is 81.6 Å². The molecule has 5 nitrogen and oxygen atoms in total. The van der Waals surface area contributed by atoms with E-state index in [-0.39, 0.29) is 5.75 Å². The van der Waals surface area contributed by atoms with Crippen LogP contribution in [0.4, 0.5) is 4.79 Å². The maximum Gasteiger partial charge on any atom is 0.404 e. The van der Waals surface area contributed by atoms with E-state index in [0.717, 1.165) is 5.56 Å². The average molecular weight is 210 g/mol. The molecule has 82 valence electrons. The van der Waals surface area contributed by atoms with Gasteiger partial charge in [-0.2, -0.15) is 0 Å². The van der Waals surface area contributed by atoms with Crippen molar-refractivity contribution in [3.05, 3.63) is 29.8 Å². The maximum atomic E-state index is 10.1. The van der Waals surface area contributed by atoms with Crippen LogP contribution in [0.1, 0.15) is 5.56 Å². The second-order valence-corrected chi connectivity index (χ2v) is 3.04. The lowest BCUT2D eigenvalue weighted by Crippen LogP contribution is -2.30. The Balaban J connectivity index is 2.21. The third kappa shape index (κ3) is 4.33. The van der Waals surface area contributed by atoms with Crippen molar-refractivity contribution in [2.45, 2.75) is 6.54 Å². The Hall–Kier alpha value is -1.75. The van der Waals surface area contributed by atoms with E-state index < -0.39 is 6.09 Å². The number of benzene rings is 1. The first-order valence-corrected chi connectivity index (χ1v) is 4.64. The zero-order valence-corrected chi connectivity index (χ0v) is 8.23. The van der Waals surface area contributed by atoms with Gasteiger partial charge in [-0.05, 0) is 6.07 Å². The molecule has 4 N–H and O–H groups in total. The van der Waals surface area contributed by atoms with Crippen LogP contribution >= 0.6 is 0 Å². The molecular weight excluding hydrogens is 196 g/mol. The molecule has 1 amide bonds. The Bertz CT molecular complexity index is 328. The molecule has 0 fully saturated rings. The van der Waals surface area contributed by atoms with Crippen LogP contribution in [0.3, 0.4) is 0 Å². The predicted molar refractivity (Wildman–Crippen MR) is 55.8 cm³/mol. The van der Waals surface area contributed by atoms with E-state index in [9.17, 15) is 9.90 Å². The highest BCUT2D eigenvalue weighted by atomic mass is 16.4. The molecule has 0 unspecified atom stereocenters. The summed E-state index contributed by atoms with van der Waals surface area (Å²) in [6, 6.07) is 7.02. The minimum absolute atomic E-state index is 0.246. The van der Waals surface area contributed by atoms with Crippen LogP contribution < -0.4 is 10.6 Å². The van der Waals surface area contributed by atoms with Crippen LogP contribution in [-0.4, -0.2) is 29.4 Å². The zero-order valence-electron chi connectivity index (χ0n) is 8.23. The largest absolute Gasteiger partial charge is 0.508 e. The molecule has 0 radical (unpaired) electrons. The summed E-state index contributed by atoms with van der Waals surface area (Å²) in [5.74, 6) is 0.246. The molecule has 0 aliphatic heterocycles. The molecule has 0 atom stereocenters. The third-order valence-electron chi connectivity index (χ3n) is 1.89. The van der Waals surface area contributed by atoms with Gasteiger partial charge >= 0.3 is 6.09 Å². The molecule has 1 aromatic rings. The first kappa shape index (κ1) is 11.3. The van der Waals surface area contributed by atoms with E-state index in [2.05, 4.69) is 10.6 Å². The number of amides is 1. The third-order valence-corrected chi connectivity index (χ3v) is 1.89. The van der Waals surface area contributed by atoms with E-state index in [1.54, 1.807) is 12.1 Å². The summed E-state index contributed by atoms with van der Waals surface area (Å²) in [4.78, 5) is 10.1. The Morgan fingerprint density at radius 1 is 1.27 bits per heavy atom. The van der Waals surface area contributed by atoms with Crippen molar-refractivity contribution in [2.24, 2.45) is 0 Å². The molecule has 0 bridgehead atoms. The standard InChI is InChI=1S/C10H14N2O3/c13-9-4-2-1-3-8(9)7-11-5-6-12-10(14)15/h1-4,11-13H,5-7H2,(H,14,15). The van der Waals surface area contributed by atoms with Crippen molar-refractivity contribution < 1.29 is 15.0 Å². The highest BCUT2D eigenvalue weighted by Crippen LogP contribution is 2.14. The van der Waals surface area contributed by atoms with Gasteiger partial charge in [0.15, 0.2) is 0 Å². The maximum absolute atomic E-state index is 10.1. The smallest absolute Gasteiger partial charge is 0.404 e. The van der Waals surface area contributed by atoms with Gasteiger partial charge in [-0.3, -0.25) is 0 Å². The number of aromatic hydroxyl groups is 1. The quantitative estimate of drug-likeness (QED) is 0.540. The lowest BCUT2D eigenvalue weighted by molar-refractivity contribution is 0.194. The average Bonchev–Trinajstić information content (AvgIpc) is 2.20. The van der Waals surface area contributed by atoms with Gasteiger partial charge in [0.25, 0.3) is 0 Å². The highest BCUT2D eigenvalue weighted by Gasteiger charge is 1.98. The molecule has 0 spiro atoms. The fourth-order valence-electron chi connectivity index (χ4n) is 1.14. The molecule has 1 rings (SSSR count). The summed E-state index contributed by atoms with van der Waals surface area (Å²) in [5.41, 5.74) is 0.799. The second-order valence-electron chi connectivity index (χ2n) is 3.04. The van der Waals surface area contributed by atoms with Crippen molar-refractivity contribution in [1.82, 2.24) is 10.6 Å². The summed E-state index contributed by atoms with van der Waals surface area (Å²) < 4.78 is 0. The summed E-state index contributed by atoms with van der Waals surface area (Å²) in [7, 11) is 0. The molecule has 0 aliphatic carbocycles. The molecule has 15 heavy (non-hydrogen) atoms. The monoisotopic (exact) mass is 210 g/mol. The minimum atomic E-state index is -1.03. The number of carboxylic acid groups (broad SMARTS) is 1. The Morgan fingerprint density at radius 3 is 2.67 bits per heavy atom. The Kier molecular flexibility index (Phi) is 4.43. The van der Waals surface area contributed by atoms with E-state index in [0.29, 0.717) is 19.6 Å². The number of hydrogen-bond donors (Lipinski definition) is 4. The van der Waals surface area contributed by atoms with Crippen LogP contribution in [0, 0.1) is 0 Å². The van der Waals surface area contributed by atoms with Crippen LogP contribution in [0.5, 0.6) is 5.75 Å². The van der Waals surface area contributed by atoms with Crippen molar-refractivity contribution in [2.75, 3.05) is 13.1 Å². The van der Waals surface area contributed by atoms with Gasteiger partial charge in [0.05, 0.1) is 0 Å². The number of phenols is 1. The van der Waals surface area contributed by atoms with Gasteiger partial charge in [-0.15, -0.1) is 0 Å².